The highest BCUT2D eigenvalue weighted by Gasteiger charge is 2.27. The number of nitrogens with zero attached hydrogens (tertiary/aromatic N) is 1. The molecule has 1 saturated heterocycles. The van der Waals surface area contributed by atoms with Crippen molar-refractivity contribution in [3.8, 4) is 0 Å². The number of aliphatic hydroxyl groups excluding tert-OH is 1. The summed E-state index contributed by atoms with van der Waals surface area (Å²) in [5, 5.41) is 8.65. The molecule has 0 spiro atoms. The average Bonchev–Trinajstić information content (AvgIpc) is 2.60. The van der Waals surface area contributed by atoms with E-state index in [4.69, 9.17) is 5.11 Å². The summed E-state index contributed by atoms with van der Waals surface area (Å²) in [6.07, 6.45) is 7.33. The zero-order valence-corrected chi connectivity index (χ0v) is 10.5. The molecule has 0 bridgehead atoms. The van der Waals surface area contributed by atoms with Gasteiger partial charge in [0.05, 0.1) is 0 Å². The Kier molecular flexibility index (Phi) is 6.46. The molecule has 1 aliphatic heterocycles. The summed E-state index contributed by atoms with van der Waals surface area (Å²) >= 11 is 0. The van der Waals surface area contributed by atoms with Gasteiger partial charge in [-0.3, -0.25) is 4.79 Å². The first-order valence-corrected chi connectivity index (χ1v) is 6.66. The molecule has 3 heteroatoms. The van der Waals surface area contributed by atoms with Crippen LogP contribution < -0.4 is 0 Å². The molecule has 1 unspecified atom stereocenters. The van der Waals surface area contributed by atoms with Gasteiger partial charge in [-0.15, -0.1) is 0 Å². The van der Waals surface area contributed by atoms with E-state index in [1.807, 2.05) is 4.90 Å². The maximum absolute atomic E-state index is 11.7. The van der Waals surface area contributed by atoms with Gasteiger partial charge in [-0.05, 0) is 25.2 Å². The van der Waals surface area contributed by atoms with Crippen LogP contribution in [0.1, 0.15) is 51.9 Å². The lowest BCUT2D eigenvalue weighted by Gasteiger charge is -2.16. The van der Waals surface area contributed by atoms with E-state index in [0.29, 0.717) is 18.4 Å². The third-order valence-electron chi connectivity index (χ3n) is 3.33. The highest BCUT2D eigenvalue weighted by Crippen LogP contribution is 2.22. The van der Waals surface area contributed by atoms with Gasteiger partial charge in [0, 0.05) is 26.1 Å². The lowest BCUT2D eigenvalue weighted by molar-refractivity contribution is -0.127. The number of carbonyl (C=O) groups excluding carboxylic acids is 1. The molecule has 3 nitrogen and oxygen atoms in total. The second kappa shape index (κ2) is 7.66. The van der Waals surface area contributed by atoms with Crippen molar-refractivity contribution in [2.75, 3.05) is 19.7 Å². The first kappa shape index (κ1) is 13.5. The van der Waals surface area contributed by atoms with Gasteiger partial charge in [0.25, 0.3) is 0 Å². The minimum Gasteiger partial charge on any atom is -0.396 e. The van der Waals surface area contributed by atoms with E-state index < -0.39 is 0 Å². The quantitative estimate of drug-likeness (QED) is 0.646. The van der Waals surface area contributed by atoms with Crippen LogP contribution in [-0.2, 0) is 4.79 Å². The van der Waals surface area contributed by atoms with Crippen LogP contribution in [-0.4, -0.2) is 35.6 Å². The van der Waals surface area contributed by atoms with E-state index in [9.17, 15) is 4.79 Å². The summed E-state index contributed by atoms with van der Waals surface area (Å²) in [7, 11) is 0. The van der Waals surface area contributed by atoms with Gasteiger partial charge in [-0.1, -0.05) is 26.2 Å². The number of unbranched alkanes of at least 4 members (excludes halogenated alkanes) is 3. The molecule has 94 valence electrons. The Morgan fingerprint density at radius 3 is 2.75 bits per heavy atom. The van der Waals surface area contributed by atoms with Crippen molar-refractivity contribution < 1.29 is 9.90 Å². The van der Waals surface area contributed by atoms with Crippen LogP contribution in [0.25, 0.3) is 0 Å². The number of rotatable bonds is 8. The molecular weight excluding hydrogens is 202 g/mol. The Morgan fingerprint density at radius 1 is 1.31 bits per heavy atom. The minimum atomic E-state index is 0.293. The van der Waals surface area contributed by atoms with E-state index in [1.165, 1.54) is 12.8 Å². The van der Waals surface area contributed by atoms with Crippen LogP contribution in [0.3, 0.4) is 0 Å². The normalized spacial score (nSPS) is 20.8. The molecule has 0 aliphatic carbocycles. The lowest BCUT2D eigenvalue weighted by atomic mass is 10.0. The van der Waals surface area contributed by atoms with Crippen LogP contribution in [0.4, 0.5) is 0 Å². The van der Waals surface area contributed by atoms with Gasteiger partial charge in [0.15, 0.2) is 0 Å². The second-order valence-corrected chi connectivity index (χ2v) is 4.84. The van der Waals surface area contributed by atoms with E-state index in [-0.39, 0.29) is 0 Å². The number of hydrogen-bond donors (Lipinski definition) is 1. The molecule has 1 heterocycles. The maximum atomic E-state index is 11.7. The Hall–Kier alpha value is -0.570. The molecule has 0 aromatic carbocycles. The maximum Gasteiger partial charge on any atom is 0.222 e. The van der Waals surface area contributed by atoms with Crippen LogP contribution >= 0.6 is 0 Å². The SMILES string of the molecule is CCCC1CC(=O)N(CCCCCCO)C1. The van der Waals surface area contributed by atoms with Crippen LogP contribution in [0.2, 0.25) is 0 Å². The predicted molar refractivity (Wildman–Crippen MR) is 65.1 cm³/mol. The van der Waals surface area contributed by atoms with Gasteiger partial charge >= 0.3 is 0 Å². The Morgan fingerprint density at radius 2 is 2.06 bits per heavy atom. The van der Waals surface area contributed by atoms with Gasteiger partial charge in [-0.25, -0.2) is 0 Å². The lowest BCUT2D eigenvalue weighted by Crippen LogP contribution is -2.26. The summed E-state index contributed by atoms with van der Waals surface area (Å²) in [6.45, 7) is 4.38. The van der Waals surface area contributed by atoms with Crippen molar-refractivity contribution in [3.05, 3.63) is 0 Å². The molecule has 1 aliphatic rings. The van der Waals surface area contributed by atoms with Crippen molar-refractivity contribution in [3.63, 3.8) is 0 Å². The summed E-state index contributed by atoms with van der Waals surface area (Å²) in [4.78, 5) is 13.7. The first-order chi connectivity index (χ1) is 7.77. The summed E-state index contributed by atoms with van der Waals surface area (Å²) in [5.41, 5.74) is 0. The second-order valence-electron chi connectivity index (χ2n) is 4.84. The van der Waals surface area contributed by atoms with E-state index in [0.717, 1.165) is 45.2 Å². The number of likely N-dealkylation sites (tertiary alicyclic amines) is 1. The van der Waals surface area contributed by atoms with Crippen molar-refractivity contribution in [1.82, 2.24) is 4.90 Å². The molecule has 0 saturated carbocycles. The van der Waals surface area contributed by atoms with E-state index in [2.05, 4.69) is 6.92 Å². The summed E-state index contributed by atoms with van der Waals surface area (Å²) < 4.78 is 0. The molecule has 16 heavy (non-hydrogen) atoms. The fraction of sp³-hybridized carbons (Fsp3) is 0.923. The van der Waals surface area contributed by atoms with Gasteiger partial charge in [0.1, 0.15) is 0 Å². The van der Waals surface area contributed by atoms with Crippen LogP contribution in [0, 0.1) is 5.92 Å². The zero-order valence-electron chi connectivity index (χ0n) is 10.5. The predicted octanol–water partition coefficient (Wildman–Crippen LogP) is 2.19. The van der Waals surface area contributed by atoms with E-state index in [1.54, 1.807) is 0 Å². The molecule has 0 aromatic rings. The number of amides is 1. The molecular formula is C13H25NO2. The molecule has 1 fully saturated rings. The highest BCUT2D eigenvalue weighted by molar-refractivity contribution is 5.78. The van der Waals surface area contributed by atoms with Gasteiger partial charge < -0.3 is 10.0 Å². The number of aliphatic hydroxyl groups is 1. The van der Waals surface area contributed by atoms with Crippen LogP contribution in [0.5, 0.6) is 0 Å². The average molecular weight is 227 g/mol. The Balaban J connectivity index is 2.10. The van der Waals surface area contributed by atoms with Gasteiger partial charge in [-0.2, -0.15) is 0 Å². The van der Waals surface area contributed by atoms with Gasteiger partial charge in [0.2, 0.25) is 5.91 Å². The first-order valence-electron chi connectivity index (χ1n) is 6.66. The fourth-order valence-corrected chi connectivity index (χ4v) is 2.44. The minimum absolute atomic E-state index is 0.293. The van der Waals surface area contributed by atoms with Crippen molar-refractivity contribution in [2.45, 2.75) is 51.9 Å². The number of carbonyl (C=O) groups is 1. The topological polar surface area (TPSA) is 40.5 Å². The molecule has 1 amide bonds. The Labute approximate surface area is 98.8 Å². The third kappa shape index (κ3) is 4.52. The van der Waals surface area contributed by atoms with Crippen molar-refractivity contribution in [2.24, 2.45) is 5.92 Å². The fourth-order valence-electron chi connectivity index (χ4n) is 2.44. The zero-order chi connectivity index (χ0) is 11.8. The number of hydrogen-bond acceptors (Lipinski definition) is 2. The summed E-state index contributed by atoms with van der Waals surface area (Å²) in [5.74, 6) is 0.954. The largest absolute Gasteiger partial charge is 0.396 e. The molecule has 0 radical (unpaired) electrons. The molecule has 1 N–H and O–H groups in total. The monoisotopic (exact) mass is 227 g/mol. The third-order valence-corrected chi connectivity index (χ3v) is 3.33. The van der Waals surface area contributed by atoms with Crippen LogP contribution in [0.15, 0.2) is 0 Å². The molecule has 0 aromatic heterocycles. The highest BCUT2D eigenvalue weighted by atomic mass is 16.2. The Bertz CT molecular complexity index is 206. The molecule has 1 rings (SSSR count). The smallest absolute Gasteiger partial charge is 0.222 e. The van der Waals surface area contributed by atoms with Crippen molar-refractivity contribution >= 4 is 5.91 Å². The van der Waals surface area contributed by atoms with E-state index >= 15 is 0 Å². The summed E-state index contributed by atoms with van der Waals surface area (Å²) in [6, 6.07) is 0. The van der Waals surface area contributed by atoms with Crippen molar-refractivity contribution in [1.29, 1.82) is 0 Å². The standard InChI is InChI=1S/C13H25NO2/c1-2-7-12-10-13(16)14(11-12)8-5-3-4-6-9-15/h12,15H,2-11H2,1H3. The molecule has 1 atom stereocenters.